The molecule has 2 heterocycles. The molecule has 4 nitrogen and oxygen atoms in total. The van der Waals surface area contributed by atoms with Gasteiger partial charge in [0.2, 0.25) is 0 Å². The molecular weight excluding hydrogens is 226 g/mol. The third kappa shape index (κ3) is 1.23. The Morgan fingerprint density at radius 1 is 1.25 bits per heavy atom. The highest BCUT2D eigenvalue weighted by molar-refractivity contribution is 6.16. The highest BCUT2D eigenvalue weighted by Crippen LogP contribution is 2.20. The molecular formula is C11H8ClN3O. The first-order chi connectivity index (χ1) is 7.79. The molecule has 3 rings (SSSR count). The van der Waals surface area contributed by atoms with Gasteiger partial charge in [-0.2, -0.15) is 0 Å². The molecule has 0 radical (unpaired) electrons. The van der Waals surface area contributed by atoms with E-state index in [1.165, 1.54) is 0 Å². The second kappa shape index (κ2) is 3.35. The summed E-state index contributed by atoms with van der Waals surface area (Å²) in [6, 6.07) is 7.67. The summed E-state index contributed by atoms with van der Waals surface area (Å²) in [4.78, 5) is 21.7. The molecule has 0 atom stereocenters. The first-order valence-electron chi connectivity index (χ1n) is 4.85. The fourth-order valence-corrected chi connectivity index (χ4v) is 1.95. The number of aromatic amines is 2. The number of H-pyrrole nitrogens is 2. The van der Waals surface area contributed by atoms with E-state index in [2.05, 4.69) is 15.0 Å². The molecule has 2 aromatic heterocycles. The van der Waals surface area contributed by atoms with Crippen molar-refractivity contribution in [2.24, 2.45) is 0 Å². The van der Waals surface area contributed by atoms with Crippen molar-refractivity contribution < 1.29 is 0 Å². The van der Waals surface area contributed by atoms with Gasteiger partial charge in [0.1, 0.15) is 16.9 Å². The van der Waals surface area contributed by atoms with E-state index in [0.29, 0.717) is 16.9 Å². The van der Waals surface area contributed by atoms with E-state index in [1.807, 2.05) is 24.3 Å². The molecule has 0 aliphatic carbocycles. The number of rotatable bonds is 1. The van der Waals surface area contributed by atoms with E-state index in [-0.39, 0.29) is 11.4 Å². The Morgan fingerprint density at radius 3 is 2.88 bits per heavy atom. The van der Waals surface area contributed by atoms with Gasteiger partial charge in [0.05, 0.1) is 5.88 Å². The second-order valence-corrected chi connectivity index (χ2v) is 3.81. The number of aromatic nitrogens is 3. The number of halogens is 1. The van der Waals surface area contributed by atoms with Crippen molar-refractivity contribution in [2.75, 3.05) is 0 Å². The van der Waals surface area contributed by atoms with Crippen LogP contribution in [-0.4, -0.2) is 15.0 Å². The molecule has 2 N–H and O–H groups in total. The van der Waals surface area contributed by atoms with Gasteiger partial charge in [0, 0.05) is 10.9 Å². The number of alkyl halides is 1. The van der Waals surface area contributed by atoms with Gasteiger partial charge in [-0.3, -0.25) is 4.79 Å². The highest BCUT2D eigenvalue weighted by atomic mass is 35.5. The van der Waals surface area contributed by atoms with Crippen molar-refractivity contribution in [3.63, 3.8) is 0 Å². The Kier molecular flexibility index (Phi) is 1.97. The van der Waals surface area contributed by atoms with Gasteiger partial charge >= 0.3 is 0 Å². The van der Waals surface area contributed by atoms with Crippen LogP contribution in [0.3, 0.4) is 0 Å². The van der Waals surface area contributed by atoms with E-state index in [0.717, 1.165) is 10.9 Å². The average Bonchev–Trinajstić information content (AvgIpc) is 2.68. The summed E-state index contributed by atoms with van der Waals surface area (Å²) in [6.07, 6.45) is 0. The third-order valence-electron chi connectivity index (χ3n) is 2.54. The molecule has 0 saturated carbocycles. The van der Waals surface area contributed by atoms with Gasteiger partial charge in [-0.05, 0) is 6.07 Å². The quantitative estimate of drug-likeness (QED) is 0.633. The van der Waals surface area contributed by atoms with Crippen LogP contribution in [0, 0.1) is 0 Å². The van der Waals surface area contributed by atoms with Gasteiger partial charge in [0.25, 0.3) is 5.56 Å². The van der Waals surface area contributed by atoms with E-state index in [1.54, 1.807) is 0 Å². The molecule has 0 aliphatic heterocycles. The standard InChI is InChI=1S/C11H8ClN3O/c12-5-8-14-9-6-3-1-2-4-7(6)13-10(9)11(16)15-8/h1-4,13H,5H2,(H,14,15,16). The Labute approximate surface area is 95.3 Å². The normalized spacial score (nSPS) is 11.3. The van der Waals surface area contributed by atoms with E-state index >= 15 is 0 Å². The first kappa shape index (κ1) is 9.42. The van der Waals surface area contributed by atoms with Gasteiger partial charge < -0.3 is 9.97 Å². The molecule has 3 aromatic rings. The Morgan fingerprint density at radius 2 is 2.06 bits per heavy atom. The predicted molar refractivity (Wildman–Crippen MR) is 63.8 cm³/mol. The summed E-state index contributed by atoms with van der Waals surface area (Å²) < 4.78 is 0. The fraction of sp³-hybridized carbons (Fsp3) is 0.0909. The van der Waals surface area contributed by atoms with E-state index in [9.17, 15) is 4.79 Å². The minimum atomic E-state index is -0.183. The third-order valence-corrected chi connectivity index (χ3v) is 2.79. The van der Waals surface area contributed by atoms with E-state index in [4.69, 9.17) is 11.6 Å². The van der Waals surface area contributed by atoms with Gasteiger partial charge in [-0.15, -0.1) is 11.6 Å². The SMILES string of the molecule is O=c1[nH]c(CCl)nc2c1[nH]c1ccccc12. The van der Waals surface area contributed by atoms with Crippen LogP contribution in [0.15, 0.2) is 29.1 Å². The highest BCUT2D eigenvalue weighted by Gasteiger charge is 2.09. The maximum absolute atomic E-state index is 11.7. The molecule has 0 bridgehead atoms. The second-order valence-electron chi connectivity index (χ2n) is 3.54. The van der Waals surface area contributed by atoms with Gasteiger partial charge in [0.15, 0.2) is 0 Å². The van der Waals surface area contributed by atoms with Crippen LogP contribution in [0.1, 0.15) is 5.82 Å². The molecule has 1 aromatic carbocycles. The largest absolute Gasteiger partial charge is 0.349 e. The number of fused-ring (bicyclic) bond motifs is 3. The number of hydrogen-bond donors (Lipinski definition) is 2. The van der Waals surface area contributed by atoms with Crippen LogP contribution < -0.4 is 5.56 Å². The Hall–Kier alpha value is -1.81. The van der Waals surface area contributed by atoms with Crippen LogP contribution >= 0.6 is 11.6 Å². The van der Waals surface area contributed by atoms with Crippen LogP contribution in [0.25, 0.3) is 21.9 Å². The monoisotopic (exact) mass is 233 g/mol. The lowest BCUT2D eigenvalue weighted by molar-refractivity contribution is 1.03. The lowest BCUT2D eigenvalue weighted by Gasteiger charge is -1.94. The topological polar surface area (TPSA) is 61.5 Å². The Bertz CT molecular complexity index is 729. The van der Waals surface area contributed by atoms with Crippen LogP contribution in [0.5, 0.6) is 0 Å². The smallest absolute Gasteiger partial charge is 0.275 e. The van der Waals surface area contributed by atoms with Crippen LogP contribution in [0.2, 0.25) is 0 Å². The summed E-state index contributed by atoms with van der Waals surface area (Å²) >= 11 is 5.67. The maximum atomic E-state index is 11.7. The van der Waals surface area contributed by atoms with Crippen molar-refractivity contribution in [3.05, 3.63) is 40.4 Å². The maximum Gasteiger partial charge on any atom is 0.275 e. The van der Waals surface area contributed by atoms with Crippen LogP contribution in [0.4, 0.5) is 0 Å². The van der Waals surface area contributed by atoms with Crippen molar-refractivity contribution in [3.8, 4) is 0 Å². The summed E-state index contributed by atoms with van der Waals surface area (Å²) in [7, 11) is 0. The predicted octanol–water partition coefficient (Wildman–Crippen LogP) is 2.14. The molecule has 0 fully saturated rings. The minimum absolute atomic E-state index is 0.183. The lowest BCUT2D eigenvalue weighted by Crippen LogP contribution is -2.10. The summed E-state index contributed by atoms with van der Waals surface area (Å²) in [6.45, 7) is 0. The number of nitrogens with zero attached hydrogens (tertiary/aromatic N) is 1. The zero-order valence-electron chi connectivity index (χ0n) is 8.25. The molecule has 80 valence electrons. The van der Waals surface area contributed by atoms with Gasteiger partial charge in [-0.25, -0.2) is 4.98 Å². The number of para-hydroxylation sites is 1. The van der Waals surface area contributed by atoms with Crippen LogP contribution in [-0.2, 0) is 5.88 Å². The van der Waals surface area contributed by atoms with Crippen molar-refractivity contribution in [1.29, 1.82) is 0 Å². The average molecular weight is 234 g/mol. The molecule has 0 saturated heterocycles. The number of hydrogen-bond acceptors (Lipinski definition) is 2. The zero-order chi connectivity index (χ0) is 11.1. The minimum Gasteiger partial charge on any atom is -0.349 e. The summed E-state index contributed by atoms with van der Waals surface area (Å²) in [5.74, 6) is 0.689. The molecule has 0 unspecified atom stereocenters. The molecule has 5 heteroatoms. The molecule has 16 heavy (non-hydrogen) atoms. The first-order valence-corrected chi connectivity index (χ1v) is 5.38. The molecule has 0 amide bonds. The zero-order valence-corrected chi connectivity index (χ0v) is 9.01. The lowest BCUT2D eigenvalue weighted by atomic mass is 10.2. The molecule has 0 spiro atoms. The fourth-order valence-electron chi connectivity index (χ4n) is 1.83. The van der Waals surface area contributed by atoms with Crippen molar-refractivity contribution in [2.45, 2.75) is 5.88 Å². The number of benzene rings is 1. The Balaban J connectivity index is 2.56. The van der Waals surface area contributed by atoms with Crippen molar-refractivity contribution >= 4 is 33.5 Å². The summed E-state index contributed by atoms with van der Waals surface area (Å²) in [5.41, 5.74) is 1.89. The van der Waals surface area contributed by atoms with E-state index < -0.39 is 0 Å². The molecule has 0 aliphatic rings. The van der Waals surface area contributed by atoms with Gasteiger partial charge in [-0.1, -0.05) is 18.2 Å². The van der Waals surface area contributed by atoms with Crippen molar-refractivity contribution in [1.82, 2.24) is 15.0 Å². The number of nitrogens with one attached hydrogen (secondary N) is 2. The summed E-state index contributed by atoms with van der Waals surface area (Å²) in [5, 5.41) is 0.940.